The molecule has 0 fully saturated rings. The Morgan fingerprint density at radius 3 is 0.900 bits per heavy atom. The molecule has 0 aliphatic heterocycles. The molecule has 0 aliphatic carbocycles. The highest BCUT2D eigenvalue weighted by molar-refractivity contribution is 7.81. The van der Waals surface area contributed by atoms with Crippen LogP contribution in [0.2, 0.25) is 0 Å². The molecule has 40 heavy (non-hydrogen) atoms. The average Bonchev–Trinajstić information content (AvgIpc) is 2.98. The van der Waals surface area contributed by atoms with Crippen LogP contribution in [0.4, 0.5) is 0 Å². The Hall–Kier alpha value is -0.630. The number of esters is 5. The lowest BCUT2D eigenvalue weighted by Gasteiger charge is -2.35. The summed E-state index contributed by atoms with van der Waals surface area (Å²) < 4.78 is 37.9. The normalized spacial score (nSPS) is 11.4. The molecule has 0 amide bonds. The van der Waals surface area contributed by atoms with Gasteiger partial charge in [-0.15, -0.1) is 0 Å². The van der Waals surface area contributed by atoms with Crippen molar-refractivity contribution in [2.75, 3.05) is 94.0 Å². The predicted molar refractivity (Wildman–Crippen MR) is 164 cm³/mol. The molecule has 0 saturated carbocycles. The molecule has 0 saturated heterocycles. The van der Waals surface area contributed by atoms with E-state index in [-0.39, 0.29) is 88.2 Å². The van der Waals surface area contributed by atoms with Crippen LogP contribution < -0.4 is 0 Å². The zero-order valence-corrected chi connectivity index (χ0v) is 27.1. The molecule has 0 radical (unpaired) electrons. The monoisotopic (exact) mass is 684 g/mol. The van der Waals surface area contributed by atoms with Gasteiger partial charge in [-0.2, -0.15) is 75.8 Å². The van der Waals surface area contributed by atoms with Gasteiger partial charge in [-0.05, 0) is 0 Å². The molecule has 0 atom stereocenters. The smallest absolute Gasteiger partial charge is 0.315 e. The van der Waals surface area contributed by atoms with Crippen LogP contribution in [0.15, 0.2) is 0 Å². The molecule has 0 aliphatic rings. The maximum absolute atomic E-state index is 11.9. The first kappa shape index (κ1) is 39.4. The minimum absolute atomic E-state index is 0.0713. The SMILES string of the molecule is O=C(CS)OCC(COCCS)(COCC(COC(=O)CS)(COC(=O)CS)COC(=O)CS)COC(=O)CS. The second-order valence-electron chi connectivity index (χ2n) is 8.36. The second kappa shape index (κ2) is 22.9. The Balaban J connectivity index is 6.09. The maximum atomic E-state index is 11.9. The highest BCUT2D eigenvalue weighted by Gasteiger charge is 2.40. The molecule has 0 heterocycles. The van der Waals surface area contributed by atoms with E-state index in [0.717, 1.165) is 0 Å². The van der Waals surface area contributed by atoms with Gasteiger partial charge in [-0.1, -0.05) is 0 Å². The molecular weight excluding hydrogens is 649 g/mol. The number of carbonyl (C=O) groups excluding carboxylic acids is 5. The number of rotatable bonds is 23. The quantitative estimate of drug-likeness (QED) is 0.0380. The number of ether oxygens (including phenoxy) is 7. The van der Waals surface area contributed by atoms with Gasteiger partial charge in [0.15, 0.2) is 0 Å². The third-order valence-electron chi connectivity index (χ3n) is 4.80. The largest absolute Gasteiger partial charge is 0.464 e. The molecular formula is C22H36O12S6. The minimum atomic E-state index is -1.36. The fourth-order valence-electron chi connectivity index (χ4n) is 2.73. The van der Waals surface area contributed by atoms with Crippen molar-refractivity contribution in [1.29, 1.82) is 0 Å². The van der Waals surface area contributed by atoms with Crippen molar-refractivity contribution in [1.82, 2.24) is 0 Å². The zero-order valence-electron chi connectivity index (χ0n) is 21.7. The van der Waals surface area contributed by atoms with E-state index in [1.807, 2.05) is 0 Å². The molecule has 0 rings (SSSR count). The van der Waals surface area contributed by atoms with Gasteiger partial charge in [0.05, 0.1) is 66.0 Å². The standard InChI is InChI=1S/C22H36O12S6/c23-16(3-36)30-11-21(8-28-1-2-35,12-31-17(24)4-37)9-29-10-22(13-32-18(25)5-38,14-33-19(26)6-39)15-34-20(27)7-40/h35-40H,1-15H2. The molecule has 0 spiro atoms. The highest BCUT2D eigenvalue weighted by atomic mass is 32.1. The molecule has 0 aromatic carbocycles. The summed E-state index contributed by atoms with van der Waals surface area (Å²) in [6.07, 6.45) is 0. The Kier molecular flexibility index (Phi) is 22.5. The summed E-state index contributed by atoms with van der Waals surface area (Å²) in [6.45, 7) is -2.03. The van der Waals surface area contributed by atoms with Gasteiger partial charge in [0.25, 0.3) is 0 Å². The van der Waals surface area contributed by atoms with Crippen LogP contribution in [0.1, 0.15) is 0 Å². The summed E-state index contributed by atoms with van der Waals surface area (Å²) >= 11 is 23.6. The van der Waals surface area contributed by atoms with Crippen molar-refractivity contribution in [2.45, 2.75) is 0 Å². The summed E-state index contributed by atoms with van der Waals surface area (Å²) in [5.41, 5.74) is -2.56. The van der Waals surface area contributed by atoms with Crippen LogP contribution in [0, 0.1) is 10.8 Å². The van der Waals surface area contributed by atoms with Gasteiger partial charge in [0.2, 0.25) is 0 Å². The van der Waals surface area contributed by atoms with E-state index in [1.54, 1.807) is 0 Å². The van der Waals surface area contributed by atoms with Crippen LogP contribution in [-0.2, 0) is 57.1 Å². The Morgan fingerprint density at radius 2 is 0.650 bits per heavy atom. The fourth-order valence-corrected chi connectivity index (χ4v) is 3.32. The first-order valence-corrected chi connectivity index (χ1v) is 15.4. The first-order chi connectivity index (χ1) is 19.0. The Labute approximate surface area is 266 Å². The van der Waals surface area contributed by atoms with E-state index in [1.165, 1.54) is 0 Å². The molecule has 0 aromatic heterocycles. The predicted octanol–water partition coefficient (Wildman–Crippen LogP) is 0.287. The van der Waals surface area contributed by atoms with Gasteiger partial charge >= 0.3 is 29.8 Å². The Bertz CT molecular complexity index is 730. The molecule has 0 bridgehead atoms. The third-order valence-corrected chi connectivity index (χ3v) is 6.28. The minimum Gasteiger partial charge on any atom is -0.464 e. The lowest BCUT2D eigenvalue weighted by Crippen LogP contribution is -2.47. The van der Waals surface area contributed by atoms with E-state index in [4.69, 9.17) is 33.2 Å². The highest BCUT2D eigenvalue weighted by Crippen LogP contribution is 2.26. The number of carbonyl (C=O) groups is 5. The van der Waals surface area contributed by atoms with Crippen LogP contribution in [0.3, 0.4) is 0 Å². The van der Waals surface area contributed by atoms with Crippen molar-refractivity contribution >= 4 is 106 Å². The van der Waals surface area contributed by atoms with Crippen molar-refractivity contribution in [3.05, 3.63) is 0 Å². The summed E-state index contributed by atoms with van der Waals surface area (Å²) in [5, 5.41) is 0. The van der Waals surface area contributed by atoms with Crippen molar-refractivity contribution in [3.8, 4) is 0 Å². The van der Waals surface area contributed by atoms with E-state index >= 15 is 0 Å². The number of hydrogen-bond donors (Lipinski definition) is 6. The topological polar surface area (TPSA) is 150 Å². The van der Waals surface area contributed by atoms with E-state index in [2.05, 4.69) is 75.8 Å². The van der Waals surface area contributed by atoms with E-state index in [9.17, 15) is 24.0 Å². The summed E-state index contributed by atoms with van der Waals surface area (Å²) in [4.78, 5) is 59.4. The van der Waals surface area contributed by atoms with Gasteiger partial charge in [-0.3, -0.25) is 24.0 Å². The zero-order chi connectivity index (χ0) is 30.4. The molecule has 12 nitrogen and oxygen atoms in total. The molecule has 0 unspecified atom stereocenters. The van der Waals surface area contributed by atoms with Gasteiger partial charge < -0.3 is 33.2 Å². The van der Waals surface area contributed by atoms with Crippen molar-refractivity contribution in [3.63, 3.8) is 0 Å². The number of hydrogen-bond acceptors (Lipinski definition) is 18. The molecule has 0 aromatic rings. The first-order valence-electron chi connectivity index (χ1n) is 11.6. The Morgan fingerprint density at radius 1 is 0.400 bits per heavy atom. The van der Waals surface area contributed by atoms with E-state index < -0.39 is 40.7 Å². The molecule has 232 valence electrons. The maximum Gasteiger partial charge on any atom is 0.315 e. The fraction of sp³-hybridized carbons (Fsp3) is 0.773. The summed E-state index contributed by atoms with van der Waals surface area (Å²) in [6, 6.07) is 0. The van der Waals surface area contributed by atoms with Gasteiger partial charge in [0, 0.05) is 5.75 Å². The van der Waals surface area contributed by atoms with Crippen LogP contribution in [-0.4, -0.2) is 124 Å². The summed E-state index contributed by atoms with van der Waals surface area (Å²) in [7, 11) is 0. The molecule has 0 N–H and O–H groups in total. The second-order valence-corrected chi connectivity index (χ2v) is 10.4. The van der Waals surface area contributed by atoms with Crippen LogP contribution in [0.5, 0.6) is 0 Å². The van der Waals surface area contributed by atoms with E-state index in [0.29, 0.717) is 5.75 Å². The summed E-state index contributed by atoms with van der Waals surface area (Å²) in [5.74, 6) is -4.01. The van der Waals surface area contributed by atoms with Gasteiger partial charge in [0.1, 0.15) is 33.0 Å². The van der Waals surface area contributed by atoms with Crippen LogP contribution in [0.25, 0.3) is 0 Å². The third kappa shape index (κ3) is 17.4. The van der Waals surface area contributed by atoms with Crippen LogP contribution >= 0.6 is 75.8 Å². The molecule has 18 heteroatoms. The van der Waals surface area contributed by atoms with Gasteiger partial charge in [-0.25, -0.2) is 0 Å². The van der Waals surface area contributed by atoms with Crippen molar-refractivity contribution < 1.29 is 57.1 Å². The lowest BCUT2D eigenvalue weighted by atomic mass is 9.90. The van der Waals surface area contributed by atoms with Crippen molar-refractivity contribution in [2.24, 2.45) is 10.8 Å². The lowest BCUT2D eigenvalue weighted by molar-refractivity contribution is -0.170. The number of thiol groups is 6. The average molecular weight is 685 g/mol.